The Hall–Kier alpha value is -1.17. The highest BCUT2D eigenvalue weighted by Crippen LogP contribution is 2.12. The Morgan fingerprint density at radius 2 is 2.29 bits per heavy atom. The zero-order chi connectivity index (χ0) is 12.3. The Labute approximate surface area is 102 Å². The molecule has 0 spiro atoms. The third-order valence-corrected chi connectivity index (χ3v) is 2.24. The van der Waals surface area contributed by atoms with E-state index >= 15 is 0 Å². The van der Waals surface area contributed by atoms with Gasteiger partial charge in [-0.3, -0.25) is 0 Å². The highest BCUT2D eigenvalue weighted by atomic mass is 16.5. The molecule has 0 aliphatic heterocycles. The molecule has 0 fully saturated rings. The molecule has 0 radical (unpaired) electrons. The molecule has 0 aliphatic rings. The van der Waals surface area contributed by atoms with Crippen molar-refractivity contribution in [1.29, 1.82) is 0 Å². The zero-order valence-corrected chi connectivity index (χ0v) is 10.2. The summed E-state index contributed by atoms with van der Waals surface area (Å²) in [7, 11) is 1.62. The summed E-state index contributed by atoms with van der Waals surface area (Å²) in [6, 6.07) is 3.88. The van der Waals surface area contributed by atoms with Crippen molar-refractivity contribution in [2.24, 2.45) is 0 Å². The van der Waals surface area contributed by atoms with Crippen molar-refractivity contribution in [1.82, 2.24) is 10.3 Å². The van der Waals surface area contributed by atoms with Gasteiger partial charge in [-0.25, -0.2) is 4.98 Å². The number of hydrogen-bond acceptors (Lipinski definition) is 5. The van der Waals surface area contributed by atoms with Gasteiger partial charge in [-0.15, -0.1) is 0 Å². The van der Waals surface area contributed by atoms with Crippen LogP contribution in [0.2, 0.25) is 0 Å². The molecule has 17 heavy (non-hydrogen) atoms. The maximum absolute atomic E-state index is 8.51. The van der Waals surface area contributed by atoms with E-state index < -0.39 is 0 Å². The molecule has 0 saturated heterocycles. The van der Waals surface area contributed by atoms with Crippen LogP contribution in [0.25, 0.3) is 0 Å². The van der Waals surface area contributed by atoms with Gasteiger partial charge in [0.15, 0.2) is 0 Å². The van der Waals surface area contributed by atoms with Gasteiger partial charge in [0.25, 0.3) is 0 Å². The van der Waals surface area contributed by atoms with Crippen LogP contribution >= 0.6 is 0 Å². The van der Waals surface area contributed by atoms with E-state index in [1.165, 1.54) is 0 Å². The molecule has 96 valence electrons. The van der Waals surface area contributed by atoms with Crippen LogP contribution in [-0.2, 0) is 11.3 Å². The highest BCUT2D eigenvalue weighted by molar-refractivity contribution is 5.24. The molecule has 0 bridgehead atoms. The quantitative estimate of drug-likeness (QED) is 0.618. The number of ether oxygens (including phenoxy) is 2. The van der Waals surface area contributed by atoms with Gasteiger partial charge < -0.3 is 19.9 Å². The van der Waals surface area contributed by atoms with Gasteiger partial charge in [-0.2, -0.15) is 0 Å². The summed E-state index contributed by atoms with van der Waals surface area (Å²) < 4.78 is 10.3. The van der Waals surface area contributed by atoms with Crippen molar-refractivity contribution in [3.63, 3.8) is 0 Å². The normalized spacial score (nSPS) is 10.5. The molecule has 1 heterocycles. The molecule has 5 nitrogen and oxygen atoms in total. The minimum Gasteiger partial charge on any atom is -0.481 e. The van der Waals surface area contributed by atoms with E-state index in [4.69, 9.17) is 14.6 Å². The van der Waals surface area contributed by atoms with Gasteiger partial charge in [0, 0.05) is 24.9 Å². The second-order valence-electron chi connectivity index (χ2n) is 3.54. The van der Waals surface area contributed by atoms with Crippen molar-refractivity contribution in [2.45, 2.75) is 13.0 Å². The van der Waals surface area contributed by atoms with Crippen LogP contribution in [0.1, 0.15) is 12.0 Å². The van der Waals surface area contributed by atoms with Crippen LogP contribution in [-0.4, -0.2) is 43.6 Å². The first-order chi connectivity index (χ1) is 8.38. The van der Waals surface area contributed by atoms with Gasteiger partial charge in [-0.05, 0) is 19.0 Å². The minimum absolute atomic E-state index is 0.0836. The Kier molecular flexibility index (Phi) is 7.29. The molecular weight excluding hydrogens is 220 g/mol. The summed E-state index contributed by atoms with van der Waals surface area (Å²) in [5.41, 5.74) is 1.05. The number of nitrogens with one attached hydrogen (secondary N) is 1. The third kappa shape index (κ3) is 5.63. The fraction of sp³-hybridized carbons (Fsp3) is 0.583. The molecule has 2 N–H and O–H groups in total. The number of pyridine rings is 1. The highest BCUT2D eigenvalue weighted by Gasteiger charge is 2.01. The lowest BCUT2D eigenvalue weighted by Gasteiger charge is -2.08. The number of nitrogens with zero attached hydrogens (tertiary/aromatic N) is 1. The minimum atomic E-state index is 0.0836. The van der Waals surface area contributed by atoms with E-state index in [0.29, 0.717) is 19.1 Å². The van der Waals surface area contributed by atoms with Crippen LogP contribution in [0, 0.1) is 0 Å². The van der Waals surface area contributed by atoms with E-state index in [2.05, 4.69) is 10.3 Å². The lowest BCUT2D eigenvalue weighted by Crippen LogP contribution is -2.17. The van der Waals surface area contributed by atoms with E-state index in [1.54, 1.807) is 13.3 Å². The molecule has 0 amide bonds. The molecule has 0 unspecified atom stereocenters. The number of aliphatic hydroxyl groups excluding tert-OH is 1. The average Bonchev–Trinajstić information content (AvgIpc) is 2.38. The average molecular weight is 240 g/mol. The van der Waals surface area contributed by atoms with Gasteiger partial charge in [-0.1, -0.05) is 6.07 Å². The summed E-state index contributed by atoms with van der Waals surface area (Å²) in [6.45, 7) is 2.76. The van der Waals surface area contributed by atoms with E-state index in [9.17, 15) is 0 Å². The molecule has 0 aliphatic carbocycles. The molecule has 0 atom stereocenters. The number of hydrogen-bond donors (Lipinski definition) is 2. The summed E-state index contributed by atoms with van der Waals surface area (Å²) in [5.74, 6) is 0.663. The van der Waals surface area contributed by atoms with Crippen LogP contribution in [0.4, 0.5) is 0 Å². The first kappa shape index (κ1) is 13.9. The topological polar surface area (TPSA) is 63.6 Å². The Balaban J connectivity index is 2.13. The summed E-state index contributed by atoms with van der Waals surface area (Å²) in [5, 5.41) is 11.8. The van der Waals surface area contributed by atoms with Crippen LogP contribution in [0.3, 0.4) is 0 Å². The number of rotatable bonds is 9. The molecule has 5 heteroatoms. The van der Waals surface area contributed by atoms with Crippen LogP contribution in [0.5, 0.6) is 5.88 Å². The molecule has 1 aromatic heterocycles. The predicted octanol–water partition coefficient (Wildman–Crippen LogP) is 0.579. The Morgan fingerprint density at radius 3 is 3.06 bits per heavy atom. The van der Waals surface area contributed by atoms with Crippen molar-refractivity contribution in [2.75, 3.05) is 33.5 Å². The van der Waals surface area contributed by atoms with Crippen molar-refractivity contribution in [3.05, 3.63) is 23.9 Å². The Morgan fingerprint density at radius 1 is 1.41 bits per heavy atom. The van der Waals surface area contributed by atoms with Crippen LogP contribution in [0.15, 0.2) is 18.3 Å². The van der Waals surface area contributed by atoms with Gasteiger partial charge in [0.05, 0.1) is 20.3 Å². The largest absolute Gasteiger partial charge is 0.481 e. The lowest BCUT2D eigenvalue weighted by atomic mass is 10.2. The van der Waals surface area contributed by atoms with Crippen molar-refractivity contribution < 1.29 is 14.6 Å². The first-order valence-corrected chi connectivity index (χ1v) is 5.75. The molecule has 0 saturated carbocycles. The smallest absolute Gasteiger partial charge is 0.217 e. The number of methoxy groups -OCH3 is 1. The fourth-order valence-electron chi connectivity index (χ4n) is 1.43. The number of aliphatic hydroxyl groups is 1. The second kappa shape index (κ2) is 8.92. The monoisotopic (exact) mass is 240 g/mol. The number of aromatic nitrogens is 1. The van der Waals surface area contributed by atoms with Gasteiger partial charge >= 0.3 is 0 Å². The summed E-state index contributed by atoms with van der Waals surface area (Å²) in [6.07, 6.45) is 2.63. The van der Waals surface area contributed by atoms with E-state index in [-0.39, 0.29) is 6.61 Å². The second-order valence-corrected chi connectivity index (χ2v) is 3.54. The molecule has 0 aromatic carbocycles. The molecular formula is C12H20N2O3. The van der Waals surface area contributed by atoms with E-state index in [1.807, 2.05) is 12.1 Å². The first-order valence-electron chi connectivity index (χ1n) is 5.75. The standard InChI is InChI=1S/C12H20N2O3/c1-16-12-11(4-2-6-14-12)10-13-5-3-8-17-9-7-15/h2,4,6,13,15H,3,5,7-10H2,1H3. The maximum Gasteiger partial charge on any atom is 0.217 e. The van der Waals surface area contributed by atoms with Gasteiger partial charge in [0.2, 0.25) is 5.88 Å². The van der Waals surface area contributed by atoms with Crippen molar-refractivity contribution >= 4 is 0 Å². The predicted molar refractivity (Wildman–Crippen MR) is 65.0 cm³/mol. The SMILES string of the molecule is COc1ncccc1CNCCCOCCO. The summed E-state index contributed by atoms with van der Waals surface area (Å²) in [4.78, 5) is 4.12. The van der Waals surface area contributed by atoms with E-state index in [0.717, 1.165) is 25.1 Å². The lowest BCUT2D eigenvalue weighted by molar-refractivity contribution is 0.0907. The third-order valence-electron chi connectivity index (χ3n) is 2.24. The maximum atomic E-state index is 8.51. The summed E-state index contributed by atoms with van der Waals surface area (Å²) >= 11 is 0. The van der Waals surface area contributed by atoms with Gasteiger partial charge in [0.1, 0.15) is 0 Å². The van der Waals surface area contributed by atoms with Crippen LogP contribution < -0.4 is 10.1 Å². The fourth-order valence-corrected chi connectivity index (χ4v) is 1.43. The molecule has 1 aromatic rings. The Bertz CT molecular complexity index is 308. The molecule has 1 rings (SSSR count). The van der Waals surface area contributed by atoms with Crippen molar-refractivity contribution in [3.8, 4) is 5.88 Å². The zero-order valence-electron chi connectivity index (χ0n) is 10.2.